The Morgan fingerprint density at radius 1 is 1.13 bits per heavy atom. The summed E-state index contributed by atoms with van der Waals surface area (Å²) in [6.45, 7) is 15.3. The van der Waals surface area contributed by atoms with Crippen LogP contribution in [0.4, 0.5) is 5.69 Å². The zero-order valence-electron chi connectivity index (χ0n) is 27.6. The number of rotatable bonds is 9. The molecule has 1 atom stereocenters. The summed E-state index contributed by atoms with van der Waals surface area (Å²) in [5.41, 5.74) is 9.40. The number of carbonyl (C=O) groups excluding carboxylic acids is 1. The van der Waals surface area contributed by atoms with Crippen LogP contribution in [-0.4, -0.2) is 49.6 Å². The second kappa shape index (κ2) is 13.6. The van der Waals surface area contributed by atoms with Gasteiger partial charge in [-0.1, -0.05) is 56.2 Å². The molecule has 236 valence electrons. The first-order valence-corrected chi connectivity index (χ1v) is 16.8. The number of anilines is 1. The number of allylic oxidation sites excluding steroid dienone is 6. The quantitative estimate of drug-likeness (QED) is 0.209. The highest BCUT2D eigenvalue weighted by Gasteiger charge is 2.20. The number of nitrogens with one attached hydrogen (secondary N) is 1. The van der Waals surface area contributed by atoms with Crippen LogP contribution in [0.3, 0.4) is 0 Å². The van der Waals surface area contributed by atoms with Crippen LogP contribution in [0.15, 0.2) is 77.7 Å². The Morgan fingerprint density at radius 2 is 2.00 bits per heavy atom. The van der Waals surface area contributed by atoms with Crippen molar-refractivity contribution in [3.05, 3.63) is 94.6 Å². The molecular weight excluding hydrogens is 556 g/mol. The number of amides is 1. The molecule has 2 aliphatic rings. The molecule has 4 heterocycles. The minimum Gasteiger partial charge on any atom is -0.320 e. The van der Waals surface area contributed by atoms with Gasteiger partial charge in [0.05, 0.1) is 29.6 Å². The summed E-state index contributed by atoms with van der Waals surface area (Å²) in [4.78, 5) is 20.8. The first-order chi connectivity index (χ1) is 21.8. The third-order valence-corrected chi connectivity index (χ3v) is 9.91. The lowest BCUT2D eigenvalue weighted by atomic mass is 9.89. The van der Waals surface area contributed by atoms with E-state index in [1.807, 2.05) is 29.7 Å². The molecule has 0 saturated carbocycles. The van der Waals surface area contributed by atoms with Crippen molar-refractivity contribution < 1.29 is 4.79 Å². The molecule has 7 nitrogen and oxygen atoms in total. The maximum atomic E-state index is 13.6. The van der Waals surface area contributed by atoms with Gasteiger partial charge in [-0.3, -0.25) is 13.9 Å². The van der Waals surface area contributed by atoms with Crippen molar-refractivity contribution in [1.29, 1.82) is 0 Å². The Balaban J connectivity index is 1.16. The number of hydrogen-bond donors (Lipinski definition) is 1. The van der Waals surface area contributed by atoms with Gasteiger partial charge >= 0.3 is 0 Å². The Kier molecular flexibility index (Phi) is 9.36. The minimum atomic E-state index is -0.177. The Morgan fingerprint density at radius 3 is 2.82 bits per heavy atom. The van der Waals surface area contributed by atoms with Crippen LogP contribution in [0.25, 0.3) is 16.6 Å². The lowest BCUT2D eigenvalue weighted by molar-refractivity contribution is 0.102. The van der Waals surface area contributed by atoms with Crippen LogP contribution in [0.5, 0.6) is 0 Å². The van der Waals surface area contributed by atoms with Gasteiger partial charge in [0.1, 0.15) is 11.3 Å². The van der Waals surface area contributed by atoms with E-state index in [9.17, 15) is 4.79 Å². The van der Waals surface area contributed by atoms with E-state index in [1.165, 1.54) is 54.6 Å². The molecule has 6 rings (SSSR count). The molecule has 1 aliphatic carbocycles. The smallest absolute Gasteiger partial charge is 0.274 e. The van der Waals surface area contributed by atoms with Gasteiger partial charge in [0, 0.05) is 18.1 Å². The van der Waals surface area contributed by atoms with E-state index in [1.54, 1.807) is 6.20 Å². The van der Waals surface area contributed by atoms with Crippen molar-refractivity contribution in [3.63, 3.8) is 0 Å². The van der Waals surface area contributed by atoms with Crippen LogP contribution in [0.1, 0.15) is 81.5 Å². The third-order valence-electron chi connectivity index (χ3n) is 9.91. The van der Waals surface area contributed by atoms with Gasteiger partial charge in [-0.2, -0.15) is 5.10 Å². The maximum absolute atomic E-state index is 13.6. The Hall–Kier alpha value is -3.97. The van der Waals surface area contributed by atoms with Crippen LogP contribution in [0, 0.1) is 18.8 Å². The van der Waals surface area contributed by atoms with Crippen molar-refractivity contribution in [3.8, 4) is 0 Å². The summed E-state index contributed by atoms with van der Waals surface area (Å²) in [5.74, 6) is 1.45. The fraction of sp³-hybridized carbons (Fsp3) is 0.447. The van der Waals surface area contributed by atoms with Crippen molar-refractivity contribution in [2.75, 3.05) is 25.0 Å². The van der Waals surface area contributed by atoms with Gasteiger partial charge in [-0.15, -0.1) is 0 Å². The van der Waals surface area contributed by atoms with Gasteiger partial charge < -0.3 is 10.2 Å². The van der Waals surface area contributed by atoms with Gasteiger partial charge in [0.25, 0.3) is 5.91 Å². The van der Waals surface area contributed by atoms with Crippen LogP contribution in [0.2, 0.25) is 0 Å². The average molecular weight is 605 g/mol. The van der Waals surface area contributed by atoms with Crippen molar-refractivity contribution in [1.82, 2.24) is 24.1 Å². The molecular formula is C38H48N6O. The zero-order valence-corrected chi connectivity index (χ0v) is 27.6. The van der Waals surface area contributed by atoms with Crippen molar-refractivity contribution in [2.24, 2.45) is 11.8 Å². The number of imidazole rings is 1. The molecule has 1 saturated heterocycles. The summed E-state index contributed by atoms with van der Waals surface area (Å²) >= 11 is 0. The van der Waals surface area contributed by atoms with Crippen molar-refractivity contribution in [2.45, 2.75) is 79.7 Å². The predicted octanol–water partition coefficient (Wildman–Crippen LogP) is 8.16. The molecule has 7 heteroatoms. The summed E-state index contributed by atoms with van der Waals surface area (Å²) in [6, 6.07) is 10.3. The molecule has 1 N–H and O–H groups in total. The number of pyridine rings is 1. The summed E-state index contributed by atoms with van der Waals surface area (Å²) < 4.78 is 3.96. The van der Waals surface area contributed by atoms with E-state index >= 15 is 0 Å². The molecule has 1 amide bonds. The van der Waals surface area contributed by atoms with E-state index in [-0.39, 0.29) is 5.91 Å². The van der Waals surface area contributed by atoms with Gasteiger partial charge in [0.2, 0.25) is 0 Å². The van der Waals surface area contributed by atoms with Crippen molar-refractivity contribution >= 4 is 28.1 Å². The lowest BCUT2D eigenvalue weighted by Crippen LogP contribution is -2.27. The molecule has 3 aromatic heterocycles. The number of aromatic nitrogens is 4. The molecule has 1 fully saturated rings. The second-order valence-electron chi connectivity index (χ2n) is 13.4. The fourth-order valence-electron chi connectivity index (χ4n) is 7.17. The molecule has 4 aromatic rings. The number of hydrogen-bond acceptors (Lipinski definition) is 4. The minimum absolute atomic E-state index is 0.177. The summed E-state index contributed by atoms with van der Waals surface area (Å²) in [5, 5.41) is 9.07. The number of aryl methyl sites for hydroxylation is 1. The Bertz CT molecular complexity index is 1780. The first kappa shape index (κ1) is 31.0. The molecule has 1 aliphatic heterocycles. The lowest BCUT2D eigenvalue weighted by Gasteiger charge is -2.21. The van der Waals surface area contributed by atoms with E-state index in [0.717, 1.165) is 65.6 Å². The van der Waals surface area contributed by atoms with E-state index in [4.69, 9.17) is 5.10 Å². The molecule has 0 radical (unpaired) electrons. The van der Waals surface area contributed by atoms with Gasteiger partial charge in [-0.05, 0) is 113 Å². The van der Waals surface area contributed by atoms with Crippen LogP contribution in [-0.2, 0) is 13.0 Å². The van der Waals surface area contributed by atoms with E-state index in [2.05, 4.69) is 84.0 Å². The van der Waals surface area contributed by atoms with Crippen LogP contribution >= 0.6 is 0 Å². The average Bonchev–Trinajstić information content (AvgIpc) is 3.41. The number of fused-ring (bicyclic) bond motifs is 2. The number of likely N-dealkylation sites (tertiary alicyclic amines) is 1. The standard InChI is InChI=1S/C38H48N6O/c1-6-30-22-27(4)10-7-11-32(30)25-44-34-14-8-13-33(37(34)28(5)41-44)40-38(45)35-24-39-36-23-29(16-21-43(35)36)15-19-42-18-9-12-31(17-20-42)26(2)3/h7-8,10-11,13-14,16,21,23-24,26,31H,6,9,12,15,17-20,22,25H2,1-5H3,(H,40,45). The molecule has 0 spiro atoms. The number of carbonyl (C=O) groups is 1. The largest absolute Gasteiger partial charge is 0.320 e. The summed E-state index contributed by atoms with van der Waals surface area (Å²) in [6.07, 6.45) is 17.2. The highest BCUT2D eigenvalue weighted by Crippen LogP contribution is 2.30. The number of benzene rings is 1. The molecule has 1 unspecified atom stereocenters. The van der Waals surface area contributed by atoms with Gasteiger partial charge in [-0.25, -0.2) is 4.98 Å². The topological polar surface area (TPSA) is 67.5 Å². The van der Waals surface area contributed by atoms with E-state index < -0.39 is 0 Å². The fourth-order valence-corrected chi connectivity index (χ4v) is 7.17. The van der Waals surface area contributed by atoms with E-state index in [0.29, 0.717) is 12.2 Å². The van der Waals surface area contributed by atoms with Gasteiger partial charge in [0.15, 0.2) is 0 Å². The first-order valence-electron chi connectivity index (χ1n) is 16.8. The molecule has 1 aromatic carbocycles. The van der Waals surface area contributed by atoms with Crippen LogP contribution < -0.4 is 5.32 Å². The normalized spacial score (nSPS) is 18.1. The maximum Gasteiger partial charge on any atom is 0.274 e. The SMILES string of the molecule is CCC1=C(Cn2nc(C)c3c(NC(=O)c4cnc5cc(CCN6CCCC(C(C)C)CC6)ccn45)cccc32)C=CC=C(C)C1. The molecule has 45 heavy (non-hydrogen) atoms. The highest BCUT2D eigenvalue weighted by atomic mass is 16.2. The number of nitrogens with zero attached hydrogens (tertiary/aromatic N) is 5. The molecule has 0 bridgehead atoms. The third kappa shape index (κ3) is 6.84. The Labute approximate surface area is 267 Å². The summed E-state index contributed by atoms with van der Waals surface area (Å²) in [7, 11) is 0. The second-order valence-corrected chi connectivity index (χ2v) is 13.4. The monoisotopic (exact) mass is 604 g/mol. The highest BCUT2D eigenvalue weighted by molar-refractivity contribution is 6.08. The zero-order chi connectivity index (χ0) is 31.5. The predicted molar refractivity (Wildman–Crippen MR) is 185 cm³/mol.